The number of fused-ring (bicyclic) bond motifs is 1. The van der Waals surface area contributed by atoms with Crippen molar-refractivity contribution in [1.82, 2.24) is 30.4 Å². The quantitative estimate of drug-likeness (QED) is 0.474. The number of aromatic nitrogens is 5. The Morgan fingerprint density at radius 3 is 2.84 bits per heavy atom. The largest absolute Gasteiger partial charge is 0.480 e. The Balaban J connectivity index is 1.49. The zero-order chi connectivity index (χ0) is 22.2. The second kappa shape index (κ2) is 7.87. The minimum absolute atomic E-state index is 0.0244. The molecule has 3 heterocycles. The molecule has 4 rings (SSSR count). The van der Waals surface area contributed by atoms with Crippen LogP contribution >= 0.6 is 11.6 Å². The van der Waals surface area contributed by atoms with E-state index < -0.39 is 17.6 Å². The van der Waals surface area contributed by atoms with Crippen LogP contribution in [0.2, 0.25) is 5.02 Å². The molecule has 0 atom stereocenters. The first-order valence-corrected chi connectivity index (χ1v) is 8.99. The molecule has 4 aromatic rings. The number of alkyl halides is 3. The van der Waals surface area contributed by atoms with Gasteiger partial charge in [0.25, 0.3) is 5.91 Å². The number of hydrogen-bond donors (Lipinski definition) is 2. The summed E-state index contributed by atoms with van der Waals surface area (Å²) in [5, 5.41) is 6.36. The Labute approximate surface area is 176 Å². The van der Waals surface area contributed by atoms with Crippen LogP contribution in [-0.2, 0) is 12.7 Å². The first-order valence-electron chi connectivity index (χ1n) is 8.62. The number of H-pyrrole nitrogens is 1. The maximum atomic E-state index is 12.9. The fourth-order valence-corrected chi connectivity index (χ4v) is 2.98. The lowest BCUT2D eigenvalue weighted by atomic mass is 10.2. The standard InChI is InChI=1S/C18H12ClF3N6O3/c1-30-17-13(19)14(24-7-25-17)16(29)23-6-9-5-12(31-28-9)15-26-10-3-2-8(18(20,21)22)4-11(10)27-15/h2-5,7H,6H2,1H3,(H,23,29)(H,26,27). The monoisotopic (exact) mass is 452 g/mol. The minimum atomic E-state index is -4.46. The Morgan fingerprint density at radius 1 is 1.29 bits per heavy atom. The van der Waals surface area contributed by atoms with E-state index >= 15 is 0 Å². The summed E-state index contributed by atoms with van der Waals surface area (Å²) >= 11 is 6.02. The predicted octanol–water partition coefficient (Wildman–Crippen LogP) is 3.62. The third kappa shape index (κ3) is 4.14. The van der Waals surface area contributed by atoms with Gasteiger partial charge in [-0.1, -0.05) is 16.8 Å². The van der Waals surface area contributed by atoms with Crippen molar-refractivity contribution in [3.05, 3.63) is 52.6 Å². The highest BCUT2D eigenvalue weighted by molar-refractivity contribution is 6.34. The van der Waals surface area contributed by atoms with Crippen LogP contribution in [-0.4, -0.2) is 38.1 Å². The number of amides is 1. The molecule has 2 N–H and O–H groups in total. The summed E-state index contributed by atoms with van der Waals surface area (Å²) in [6.07, 6.45) is -3.33. The highest BCUT2D eigenvalue weighted by atomic mass is 35.5. The lowest BCUT2D eigenvalue weighted by Crippen LogP contribution is -2.24. The maximum Gasteiger partial charge on any atom is 0.416 e. The van der Waals surface area contributed by atoms with Gasteiger partial charge in [-0.2, -0.15) is 13.2 Å². The lowest BCUT2D eigenvalue weighted by Gasteiger charge is -2.06. The van der Waals surface area contributed by atoms with Gasteiger partial charge in [0.15, 0.2) is 11.5 Å². The van der Waals surface area contributed by atoms with E-state index in [0.29, 0.717) is 11.2 Å². The van der Waals surface area contributed by atoms with E-state index in [4.69, 9.17) is 20.9 Å². The van der Waals surface area contributed by atoms with Gasteiger partial charge in [0, 0.05) is 6.07 Å². The number of rotatable bonds is 5. The second-order valence-corrected chi connectivity index (χ2v) is 6.60. The van der Waals surface area contributed by atoms with Gasteiger partial charge in [0.2, 0.25) is 11.6 Å². The maximum absolute atomic E-state index is 12.9. The van der Waals surface area contributed by atoms with Gasteiger partial charge in [0.1, 0.15) is 17.0 Å². The van der Waals surface area contributed by atoms with E-state index in [9.17, 15) is 18.0 Å². The van der Waals surface area contributed by atoms with Crippen molar-refractivity contribution in [2.75, 3.05) is 7.11 Å². The molecule has 0 bridgehead atoms. The van der Waals surface area contributed by atoms with E-state index in [-0.39, 0.29) is 40.2 Å². The zero-order valence-corrected chi connectivity index (χ0v) is 16.4. The van der Waals surface area contributed by atoms with Gasteiger partial charge < -0.3 is 19.6 Å². The average Bonchev–Trinajstić information content (AvgIpc) is 3.37. The van der Waals surface area contributed by atoms with Crippen molar-refractivity contribution in [2.24, 2.45) is 0 Å². The van der Waals surface area contributed by atoms with Gasteiger partial charge in [-0.25, -0.2) is 15.0 Å². The van der Waals surface area contributed by atoms with E-state index in [1.54, 1.807) is 0 Å². The summed E-state index contributed by atoms with van der Waals surface area (Å²) in [6, 6.07) is 4.66. The predicted molar refractivity (Wildman–Crippen MR) is 101 cm³/mol. The van der Waals surface area contributed by atoms with Crippen LogP contribution in [0.15, 0.2) is 35.1 Å². The van der Waals surface area contributed by atoms with Gasteiger partial charge >= 0.3 is 6.18 Å². The van der Waals surface area contributed by atoms with Crippen molar-refractivity contribution in [3.8, 4) is 17.5 Å². The molecule has 3 aromatic heterocycles. The van der Waals surface area contributed by atoms with E-state index in [0.717, 1.165) is 18.5 Å². The van der Waals surface area contributed by atoms with Crippen LogP contribution in [0, 0.1) is 0 Å². The number of imidazole rings is 1. The summed E-state index contributed by atoms with van der Waals surface area (Å²) < 4.78 is 48.7. The molecular formula is C18H12ClF3N6O3. The number of nitrogens with one attached hydrogen (secondary N) is 2. The number of ether oxygens (including phenoxy) is 1. The molecule has 160 valence electrons. The second-order valence-electron chi connectivity index (χ2n) is 6.23. The zero-order valence-electron chi connectivity index (χ0n) is 15.6. The number of methoxy groups -OCH3 is 1. The minimum Gasteiger partial charge on any atom is -0.480 e. The van der Waals surface area contributed by atoms with Crippen LogP contribution < -0.4 is 10.1 Å². The van der Waals surface area contributed by atoms with Crippen molar-refractivity contribution in [1.29, 1.82) is 0 Å². The van der Waals surface area contributed by atoms with Crippen LogP contribution in [0.4, 0.5) is 13.2 Å². The van der Waals surface area contributed by atoms with E-state index in [1.807, 2.05) is 0 Å². The van der Waals surface area contributed by atoms with Crippen molar-refractivity contribution in [2.45, 2.75) is 12.7 Å². The molecule has 31 heavy (non-hydrogen) atoms. The lowest BCUT2D eigenvalue weighted by molar-refractivity contribution is -0.137. The molecule has 0 unspecified atom stereocenters. The molecule has 0 aliphatic carbocycles. The topological polar surface area (TPSA) is 119 Å². The molecule has 0 saturated heterocycles. The van der Waals surface area contributed by atoms with Gasteiger partial charge in [-0.15, -0.1) is 0 Å². The summed E-state index contributed by atoms with van der Waals surface area (Å²) in [5.41, 5.74) is 0.00753. The summed E-state index contributed by atoms with van der Waals surface area (Å²) in [5.74, 6) is -0.138. The number of carbonyl (C=O) groups is 1. The number of nitrogens with zero attached hydrogens (tertiary/aromatic N) is 4. The number of benzene rings is 1. The van der Waals surface area contributed by atoms with Crippen LogP contribution in [0.3, 0.4) is 0 Å². The summed E-state index contributed by atoms with van der Waals surface area (Å²) in [7, 11) is 1.36. The smallest absolute Gasteiger partial charge is 0.416 e. The first-order chi connectivity index (χ1) is 14.8. The first kappa shape index (κ1) is 20.6. The molecule has 0 fully saturated rings. The number of hydrogen-bond acceptors (Lipinski definition) is 7. The van der Waals surface area contributed by atoms with Gasteiger partial charge in [-0.3, -0.25) is 4.79 Å². The van der Waals surface area contributed by atoms with Gasteiger partial charge in [0.05, 0.1) is 30.3 Å². The SMILES string of the molecule is COc1ncnc(C(=O)NCc2cc(-c3nc4ccc(C(F)(F)F)cc4[nH]3)on2)c1Cl. The normalized spacial score (nSPS) is 11.6. The molecule has 0 radical (unpaired) electrons. The fourth-order valence-electron chi connectivity index (χ4n) is 2.72. The molecule has 0 saturated carbocycles. The Hall–Kier alpha value is -3.67. The van der Waals surface area contributed by atoms with E-state index in [2.05, 4.69) is 30.4 Å². The Morgan fingerprint density at radius 2 is 2.10 bits per heavy atom. The summed E-state index contributed by atoms with van der Waals surface area (Å²) in [4.78, 5) is 26.9. The van der Waals surface area contributed by atoms with Crippen LogP contribution in [0.1, 0.15) is 21.7 Å². The molecule has 0 spiro atoms. The van der Waals surface area contributed by atoms with E-state index in [1.165, 1.54) is 19.2 Å². The number of halogens is 4. The highest BCUT2D eigenvalue weighted by Crippen LogP contribution is 2.31. The Kier molecular flexibility index (Phi) is 5.23. The Bertz CT molecular complexity index is 1270. The van der Waals surface area contributed by atoms with Crippen molar-refractivity contribution >= 4 is 28.5 Å². The number of aromatic amines is 1. The molecule has 0 aliphatic heterocycles. The third-order valence-electron chi connectivity index (χ3n) is 4.20. The molecule has 9 nitrogen and oxygen atoms in total. The van der Waals surface area contributed by atoms with Crippen molar-refractivity contribution < 1.29 is 27.2 Å². The molecule has 13 heteroatoms. The summed E-state index contributed by atoms with van der Waals surface area (Å²) in [6.45, 7) is -0.0244. The molecular weight excluding hydrogens is 441 g/mol. The average molecular weight is 453 g/mol. The molecule has 1 amide bonds. The fraction of sp³-hybridized carbons (Fsp3) is 0.167. The third-order valence-corrected chi connectivity index (χ3v) is 4.54. The van der Waals surface area contributed by atoms with Crippen LogP contribution in [0.5, 0.6) is 5.88 Å². The van der Waals surface area contributed by atoms with Crippen LogP contribution in [0.25, 0.3) is 22.6 Å². The molecule has 1 aromatic carbocycles. The highest BCUT2D eigenvalue weighted by Gasteiger charge is 2.30. The van der Waals surface area contributed by atoms with Gasteiger partial charge in [-0.05, 0) is 18.2 Å². The van der Waals surface area contributed by atoms with Crippen molar-refractivity contribution in [3.63, 3.8) is 0 Å². The molecule has 0 aliphatic rings. The number of carbonyl (C=O) groups excluding carboxylic acids is 1.